The number of hydrogen-bond acceptors (Lipinski definition) is 4. The molecule has 1 atom stereocenters. The summed E-state index contributed by atoms with van der Waals surface area (Å²) in [5.74, 6) is -0.507. The Balaban J connectivity index is 2.63. The molecule has 0 aliphatic carbocycles. The van der Waals surface area contributed by atoms with E-state index in [0.717, 1.165) is 5.56 Å². The monoisotopic (exact) mass is 237 g/mol. The van der Waals surface area contributed by atoms with E-state index in [4.69, 9.17) is 10.8 Å². The second-order valence-corrected chi connectivity index (χ2v) is 3.58. The summed E-state index contributed by atoms with van der Waals surface area (Å²) >= 11 is 0. The van der Waals surface area contributed by atoms with Crippen molar-refractivity contribution in [3.05, 3.63) is 29.8 Å². The maximum atomic E-state index is 11.4. The predicted molar refractivity (Wildman–Crippen MR) is 63.2 cm³/mol. The fraction of sp³-hybridized carbons (Fsp3) is 0.273. The van der Waals surface area contributed by atoms with Crippen molar-refractivity contribution in [1.29, 1.82) is 0 Å². The van der Waals surface area contributed by atoms with Gasteiger partial charge in [0.15, 0.2) is 0 Å². The highest BCUT2D eigenvalue weighted by Crippen LogP contribution is 2.11. The maximum Gasteiger partial charge on any atom is 0.318 e. The summed E-state index contributed by atoms with van der Waals surface area (Å²) in [7, 11) is 0. The van der Waals surface area contributed by atoms with Crippen LogP contribution in [0.1, 0.15) is 12.5 Å². The predicted octanol–water partition coefficient (Wildman–Crippen LogP) is 0.174. The van der Waals surface area contributed by atoms with Crippen LogP contribution in [0.25, 0.3) is 0 Å². The highest BCUT2D eigenvalue weighted by atomic mass is 16.3. The molecule has 1 rings (SSSR count). The van der Waals surface area contributed by atoms with Crippen LogP contribution in [0.4, 0.5) is 10.5 Å². The van der Waals surface area contributed by atoms with Crippen LogP contribution in [-0.4, -0.2) is 23.1 Å². The average Bonchev–Trinajstić information content (AvgIpc) is 2.28. The number of nitrogens with one attached hydrogen (secondary N) is 2. The maximum absolute atomic E-state index is 11.4. The van der Waals surface area contributed by atoms with E-state index < -0.39 is 18.0 Å². The number of carbonyl (C=O) groups excluding carboxylic acids is 2. The number of anilines is 1. The number of urea groups is 1. The number of nitrogens with two attached hydrogens (primary N) is 1. The van der Waals surface area contributed by atoms with Crippen LogP contribution in [0, 0.1) is 0 Å². The van der Waals surface area contributed by atoms with Crippen molar-refractivity contribution in [2.24, 2.45) is 5.73 Å². The third-order valence-corrected chi connectivity index (χ3v) is 2.13. The zero-order chi connectivity index (χ0) is 12.8. The molecule has 0 radical (unpaired) electrons. The van der Waals surface area contributed by atoms with E-state index in [9.17, 15) is 9.59 Å². The van der Waals surface area contributed by atoms with Crippen molar-refractivity contribution in [3.63, 3.8) is 0 Å². The second-order valence-electron chi connectivity index (χ2n) is 3.58. The van der Waals surface area contributed by atoms with E-state index in [2.05, 4.69) is 5.32 Å². The molecular formula is C11H15N3O3. The standard InChI is InChI=1S/C11H15N3O3/c1-7(10(16)14-11(12)17)13-9-4-2-3-8(5-9)6-15/h2-5,7,13,15H,6H2,1H3,(H3,12,14,16,17)/t7-/m0/s1. The van der Waals surface area contributed by atoms with E-state index in [1.165, 1.54) is 0 Å². The molecule has 0 fully saturated rings. The molecule has 3 amide bonds. The van der Waals surface area contributed by atoms with Gasteiger partial charge in [-0.1, -0.05) is 12.1 Å². The van der Waals surface area contributed by atoms with Crippen LogP contribution < -0.4 is 16.4 Å². The molecule has 6 nitrogen and oxygen atoms in total. The largest absolute Gasteiger partial charge is 0.392 e. The fourth-order valence-corrected chi connectivity index (χ4v) is 1.30. The van der Waals surface area contributed by atoms with Gasteiger partial charge in [-0.25, -0.2) is 4.79 Å². The lowest BCUT2D eigenvalue weighted by atomic mass is 10.2. The van der Waals surface area contributed by atoms with Crippen molar-refractivity contribution in [2.75, 3.05) is 5.32 Å². The molecule has 92 valence electrons. The van der Waals surface area contributed by atoms with Crippen LogP contribution in [-0.2, 0) is 11.4 Å². The van der Waals surface area contributed by atoms with Crippen LogP contribution in [0.5, 0.6) is 0 Å². The lowest BCUT2D eigenvalue weighted by Gasteiger charge is -2.14. The minimum Gasteiger partial charge on any atom is -0.392 e. The van der Waals surface area contributed by atoms with Crippen LogP contribution in [0.15, 0.2) is 24.3 Å². The number of imide groups is 1. The minimum atomic E-state index is -0.882. The average molecular weight is 237 g/mol. The van der Waals surface area contributed by atoms with Gasteiger partial charge in [-0.2, -0.15) is 0 Å². The molecule has 0 saturated heterocycles. The molecule has 0 aliphatic rings. The summed E-state index contributed by atoms with van der Waals surface area (Å²) < 4.78 is 0. The van der Waals surface area contributed by atoms with Gasteiger partial charge in [0.2, 0.25) is 5.91 Å². The first kappa shape index (κ1) is 13.0. The number of aliphatic hydroxyl groups is 1. The summed E-state index contributed by atoms with van der Waals surface area (Å²) in [5.41, 5.74) is 6.26. The number of aliphatic hydroxyl groups excluding tert-OH is 1. The first-order chi connectivity index (χ1) is 8.02. The smallest absolute Gasteiger partial charge is 0.318 e. The summed E-state index contributed by atoms with van der Waals surface area (Å²) in [6, 6.07) is 5.51. The third kappa shape index (κ3) is 4.12. The van der Waals surface area contributed by atoms with Gasteiger partial charge in [-0.3, -0.25) is 10.1 Å². The molecule has 17 heavy (non-hydrogen) atoms. The molecule has 0 unspecified atom stereocenters. The number of hydrogen-bond donors (Lipinski definition) is 4. The van der Waals surface area contributed by atoms with Gasteiger partial charge in [0.05, 0.1) is 6.61 Å². The molecule has 0 heterocycles. The lowest BCUT2D eigenvalue weighted by Crippen LogP contribution is -2.43. The highest BCUT2D eigenvalue weighted by molar-refractivity contribution is 5.97. The topological polar surface area (TPSA) is 104 Å². The zero-order valence-electron chi connectivity index (χ0n) is 9.43. The van der Waals surface area contributed by atoms with Crippen molar-refractivity contribution >= 4 is 17.6 Å². The molecule has 0 saturated carbocycles. The number of primary amides is 1. The normalized spacial score (nSPS) is 11.6. The Morgan fingerprint density at radius 1 is 1.47 bits per heavy atom. The minimum absolute atomic E-state index is 0.0720. The first-order valence-corrected chi connectivity index (χ1v) is 5.09. The molecule has 0 spiro atoms. The number of benzene rings is 1. The second kappa shape index (κ2) is 5.86. The molecule has 0 bridgehead atoms. The number of rotatable bonds is 4. The molecule has 1 aromatic carbocycles. The molecule has 0 aliphatic heterocycles. The SMILES string of the molecule is C[C@H](Nc1cccc(CO)c1)C(=O)NC(N)=O. The number of amides is 3. The van der Waals surface area contributed by atoms with Gasteiger partial charge in [-0.15, -0.1) is 0 Å². The van der Waals surface area contributed by atoms with Crippen molar-refractivity contribution < 1.29 is 14.7 Å². The van der Waals surface area contributed by atoms with Gasteiger partial charge < -0.3 is 16.2 Å². The van der Waals surface area contributed by atoms with Gasteiger partial charge in [0, 0.05) is 5.69 Å². The summed E-state index contributed by atoms with van der Waals surface area (Å²) in [5, 5.41) is 13.8. The Hall–Kier alpha value is -2.08. The first-order valence-electron chi connectivity index (χ1n) is 5.09. The van der Waals surface area contributed by atoms with Gasteiger partial charge >= 0.3 is 6.03 Å². The Labute approximate surface area is 98.8 Å². The summed E-state index contributed by atoms with van der Waals surface area (Å²) in [4.78, 5) is 21.9. The third-order valence-electron chi connectivity index (χ3n) is 2.13. The van der Waals surface area contributed by atoms with E-state index in [0.29, 0.717) is 5.69 Å². The Morgan fingerprint density at radius 2 is 2.18 bits per heavy atom. The van der Waals surface area contributed by atoms with Crippen molar-refractivity contribution in [2.45, 2.75) is 19.6 Å². The van der Waals surface area contributed by atoms with E-state index in [1.807, 2.05) is 5.32 Å². The van der Waals surface area contributed by atoms with E-state index in [-0.39, 0.29) is 6.61 Å². The highest BCUT2D eigenvalue weighted by Gasteiger charge is 2.13. The number of carbonyl (C=O) groups is 2. The van der Waals surface area contributed by atoms with Crippen LogP contribution in [0.2, 0.25) is 0 Å². The Morgan fingerprint density at radius 3 is 2.76 bits per heavy atom. The van der Waals surface area contributed by atoms with Gasteiger partial charge in [0.1, 0.15) is 6.04 Å². The van der Waals surface area contributed by atoms with Gasteiger partial charge in [0.25, 0.3) is 0 Å². The molecule has 5 N–H and O–H groups in total. The van der Waals surface area contributed by atoms with Crippen molar-refractivity contribution in [3.8, 4) is 0 Å². The van der Waals surface area contributed by atoms with Crippen LogP contribution in [0.3, 0.4) is 0 Å². The zero-order valence-corrected chi connectivity index (χ0v) is 9.43. The van der Waals surface area contributed by atoms with E-state index >= 15 is 0 Å². The Kier molecular flexibility index (Phi) is 4.47. The van der Waals surface area contributed by atoms with Crippen molar-refractivity contribution in [1.82, 2.24) is 5.32 Å². The lowest BCUT2D eigenvalue weighted by molar-refractivity contribution is -0.120. The summed E-state index contributed by atoms with van der Waals surface area (Å²) in [6.45, 7) is 1.53. The summed E-state index contributed by atoms with van der Waals surface area (Å²) in [6.07, 6.45) is 0. The quantitative estimate of drug-likeness (QED) is 0.599. The van der Waals surface area contributed by atoms with Crippen LogP contribution >= 0.6 is 0 Å². The molecule has 6 heteroatoms. The molecule has 1 aromatic rings. The van der Waals surface area contributed by atoms with E-state index in [1.54, 1.807) is 31.2 Å². The molecule has 0 aromatic heterocycles. The van der Waals surface area contributed by atoms with Gasteiger partial charge in [-0.05, 0) is 24.6 Å². The Bertz CT molecular complexity index is 420. The fourth-order valence-electron chi connectivity index (χ4n) is 1.30. The molecular weight excluding hydrogens is 222 g/mol.